The lowest BCUT2D eigenvalue weighted by atomic mass is 10.2. The summed E-state index contributed by atoms with van der Waals surface area (Å²) in [4.78, 5) is 20.1. The normalized spacial score (nSPS) is 12.3. The third-order valence-electron chi connectivity index (χ3n) is 3.59. The number of carbonyl (C=O) groups is 1. The van der Waals surface area contributed by atoms with Gasteiger partial charge in [-0.15, -0.1) is 0 Å². The van der Waals surface area contributed by atoms with E-state index >= 15 is 0 Å². The average Bonchev–Trinajstić information content (AvgIpc) is 2.90. The van der Waals surface area contributed by atoms with Gasteiger partial charge in [-0.1, -0.05) is 35.5 Å². The zero-order valence-electron chi connectivity index (χ0n) is 13.4. The Kier molecular flexibility index (Phi) is 4.39. The zero-order valence-corrected chi connectivity index (χ0v) is 14.2. The molecule has 0 saturated heterocycles. The molecule has 3 rings (SSSR count). The minimum Gasteiger partial charge on any atom is -0.333 e. The van der Waals surface area contributed by atoms with E-state index in [9.17, 15) is 4.79 Å². The van der Waals surface area contributed by atoms with Crippen molar-refractivity contribution in [2.45, 2.75) is 31.2 Å². The molecule has 0 fully saturated rings. The first-order valence-corrected chi connectivity index (χ1v) is 8.40. The summed E-state index contributed by atoms with van der Waals surface area (Å²) in [7, 11) is 0. The van der Waals surface area contributed by atoms with E-state index in [0.29, 0.717) is 0 Å². The Labute approximate surface area is 139 Å². The highest BCUT2D eigenvalue weighted by Crippen LogP contribution is 2.24. The predicted molar refractivity (Wildman–Crippen MR) is 96.0 cm³/mol. The molecule has 0 bridgehead atoms. The number of carbonyl (C=O) groups excluding carboxylic acids is 1. The largest absolute Gasteiger partial charge is 0.333 e. The van der Waals surface area contributed by atoms with Crippen LogP contribution in [-0.2, 0) is 4.79 Å². The van der Waals surface area contributed by atoms with Gasteiger partial charge in [-0.05, 0) is 50.6 Å². The molecule has 2 aromatic carbocycles. The summed E-state index contributed by atoms with van der Waals surface area (Å²) in [5.74, 6) is -0.0320. The molecule has 0 aliphatic heterocycles. The number of amides is 1. The van der Waals surface area contributed by atoms with Crippen molar-refractivity contribution in [2.24, 2.45) is 0 Å². The van der Waals surface area contributed by atoms with Crippen LogP contribution in [0.4, 0.5) is 5.69 Å². The average molecular weight is 325 g/mol. The Morgan fingerprint density at radius 3 is 2.57 bits per heavy atom. The summed E-state index contributed by atoms with van der Waals surface area (Å²) >= 11 is 1.43. The van der Waals surface area contributed by atoms with Gasteiger partial charge in [0.2, 0.25) is 5.91 Å². The first-order valence-electron chi connectivity index (χ1n) is 7.52. The van der Waals surface area contributed by atoms with E-state index in [2.05, 4.69) is 21.4 Å². The fraction of sp³-hybridized carbons (Fsp3) is 0.222. The number of nitrogens with zero attached hydrogens (tertiary/aromatic N) is 1. The van der Waals surface area contributed by atoms with Gasteiger partial charge in [-0.2, -0.15) is 0 Å². The molecule has 0 spiro atoms. The number of hydrogen-bond acceptors (Lipinski definition) is 3. The molecule has 5 heteroatoms. The summed E-state index contributed by atoms with van der Waals surface area (Å²) < 4.78 is 0. The lowest BCUT2D eigenvalue weighted by Gasteiger charge is -2.10. The van der Waals surface area contributed by atoms with Crippen molar-refractivity contribution in [1.29, 1.82) is 0 Å². The van der Waals surface area contributed by atoms with E-state index in [-0.39, 0.29) is 11.2 Å². The fourth-order valence-corrected chi connectivity index (χ4v) is 3.08. The summed E-state index contributed by atoms with van der Waals surface area (Å²) in [5.41, 5.74) is 5.09. The Morgan fingerprint density at radius 1 is 1.13 bits per heavy atom. The highest BCUT2D eigenvalue weighted by atomic mass is 32.2. The number of aromatic amines is 1. The Hall–Kier alpha value is -2.27. The maximum absolute atomic E-state index is 12.3. The van der Waals surface area contributed by atoms with Gasteiger partial charge >= 0.3 is 0 Å². The molecule has 1 aromatic heterocycles. The van der Waals surface area contributed by atoms with E-state index in [1.165, 1.54) is 22.9 Å². The second kappa shape index (κ2) is 6.46. The standard InChI is InChI=1S/C18H19N3OS/c1-11-4-7-14(8-5-11)19-17(22)13(3)23-18-20-15-9-6-12(2)10-16(15)21-18/h4-10,13H,1-3H3,(H,19,22)(H,20,21)/t13-/m1/s1. The summed E-state index contributed by atoms with van der Waals surface area (Å²) in [6, 6.07) is 13.9. The monoisotopic (exact) mass is 325 g/mol. The van der Waals surface area contributed by atoms with Gasteiger partial charge in [-0.25, -0.2) is 4.98 Å². The Balaban J connectivity index is 1.68. The van der Waals surface area contributed by atoms with Crippen molar-refractivity contribution in [3.05, 3.63) is 53.6 Å². The molecule has 118 valence electrons. The lowest BCUT2D eigenvalue weighted by molar-refractivity contribution is -0.115. The molecule has 1 amide bonds. The molecule has 0 unspecified atom stereocenters. The van der Waals surface area contributed by atoms with Crippen molar-refractivity contribution in [3.8, 4) is 0 Å². The fourth-order valence-electron chi connectivity index (χ4n) is 2.26. The predicted octanol–water partition coefficient (Wildman–Crippen LogP) is 4.30. The van der Waals surface area contributed by atoms with Crippen molar-refractivity contribution in [3.63, 3.8) is 0 Å². The van der Waals surface area contributed by atoms with Crippen LogP contribution >= 0.6 is 11.8 Å². The third-order valence-corrected chi connectivity index (χ3v) is 4.58. The number of rotatable bonds is 4. The Morgan fingerprint density at radius 2 is 1.83 bits per heavy atom. The van der Waals surface area contributed by atoms with Crippen LogP contribution in [0.1, 0.15) is 18.1 Å². The second-order valence-electron chi connectivity index (χ2n) is 5.68. The number of hydrogen-bond donors (Lipinski definition) is 2. The zero-order chi connectivity index (χ0) is 16.4. The first-order chi connectivity index (χ1) is 11.0. The topological polar surface area (TPSA) is 57.8 Å². The molecule has 3 aromatic rings. The van der Waals surface area contributed by atoms with Gasteiger partial charge in [0.15, 0.2) is 5.16 Å². The number of anilines is 1. The molecule has 2 N–H and O–H groups in total. The number of aromatic nitrogens is 2. The number of benzene rings is 2. The third kappa shape index (κ3) is 3.74. The van der Waals surface area contributed by atoms with Crippen molar-refractivity contribution in [2.75, 3.05) is 5.32 Å². The lowest BCUT2D eigenvalue weighted by Crippen LogP contribution is -2.22. The van der Waals surface area contributed by atoms with Gasteiger partial charge in [0.05, 0.1) is 16.3 Å². The number of nitrogens with one attached hydrogen (secondary N) is 2. The van der Waals surface area contributed by atoms with Gasteiger partial charge in [0.25, 0.3) is 0 Å². The van der Waals surface area contributed by atoms with E-state index in [4.69, 9.17) is 0 Å². The first kappa shape index (κ1) is 15.6. The number of fused-ring (bicyclic) bond motifs is 1. The maximum Gasteiger partial charge on any atom is 0.237 e. The van der Waals surface area contributed by atoms with E-state index in [1.807, 2.05) is 57.2 Å². The highest BCUT2D eigenvalue weighted by molar-refractivity contribution is 8.00. The Bertz CT molecular complexity index is 839. The summed E-state index contributed by atoms with van der Waals surface area (Å²) in [5, 5.41) is 3.45. The molecule has 1 heterocycles. The van der Waals surface area contributed by atoms with Gasteiger partial charge < -0.3 is 10.3 Å². The van der Waals surface area contributed by atoms with Crippen LogP contribution in [0, 0.1) is 13.8 Å². The van der Waals surface area contributed by atoms with Crippen molar-refractivity contribution >= 4 is 34.4 Å². The van der Waals surface area contributed by atoms with Crippen LogP contribution in [0.2, 0.25) is 0 Å². The number of H-pyrrole nitrogens is 1. The van der Waals surface area contributed by atoms with Crippen LogP contribution in [0.3, 0.4) is 0 Å². The minimum absolute atomic E-state index is 0.0320. The summed E-state index contributed by atoms with van der Waals surface area (Å²) in [6.07, 6.45) is 0. The van der Waals surface area contributed by atoms with Crippen molar-refractivity contribution < 1.29 is 4.79 Å². The van der Waals surface area contributed by atoms with Gasteiger partial charge in [0, 0.05) is 5.69 Å². The smallest absolute Gasteiger partial charge is 0.237 e. The molecule has 1 atom stereocenters. The second-order valence-corrected chi connectivity index (χ2v) is 7.01. The molecule has 0 radical (unpaired) electrons. The highest BCUT2D eigenvalue weighted by Gasteiger charge is 2.16. The van der Waals surface area contributed by atoms with E-state index in [1.54, 1.807) is 0 Å². The number of imidazole rings is 1. The van der Waals surface area contributed by atoms with Crippen LogP contribution in [0.15, 0.2) is 47.6 Å². The number of aryl methyl sites for hydroxylation is 2. The molecular weight excluding hydrogens is 306 g/mol. The van der Waals surface area contributed by atoms with E-state index < -0.39 is 0 Å². The van der Waals surface area contributed by atoms with Crippen LogP contribution in [0.5, 0.6) is 0 Å². The molecule has 23 heavy (non-hydrogen) atoms. The minimum atomic E-state index is -0.238. The SMILES string of the molecule is Cc1ccc(NC(=O)[C@@H](C)Sc2nc3ccc(C)cc3[nH]2)cc1. The van der Waals surface area contributed by atoms with Gasteiger partial charge in [-0.3, -0.25) is 4.79 Å². The molecule has 0 saturated carbocycles. The number of thioether (sulfide) groups is 1. The quantitative estimate of drug-likeness (QED) is 0.703. The molecule has 0 aliphatic carbocycles. The van der Waals surface area contributed by atoms with Crippen LogP contribution < -0.4 is 5.32 Å². The maximum atomic E-state index is 12.3. The van der Waals surface area contributed by atoms with E-state index in [0.717, 1.165) is 21.9 Å². The molecule has 0 aliphatic rings. The van der Waals surface area contributed by atoms with Crippen molar-refractivity contribution in [1.82, 2.24) is 9.97 Å². The molecule has 4 nitrogen and oxygen atoms in total. The molecular formula is C18H19N3OS. The summed E-state index contributed by atoms with van der Waals surface area (Å²) in [6.45, 7) is 5.95. The van der Waals surface area contributed by atoms with Crippen LogP contribution in [-0.4, -0.2) is 21.1 Å². The van der Waals surface area contributed by atoms with Gasteiger partial charge in [0.1, 0.15) is 0 Å². The van der Waals surface area contributed by atoms with Crippen LogP contribution in [0.25, 0.3) is 11.0 Å².